The third kappa shape index (κ3) is 4.26. The predicted octanol–water partition coefficient (Wildman–Crippen LogP) is 5.51. The molecule has 3 aromatic rings. The second-order valence-corrected chi connectivity index (χ2v) is 8.81. The quantitative estimate of drug-likeness (QED) is 0.381. The SMILES string of the molecule is Cc1ccc(N([C@@H](C)c2ccccc2Cl)S(=O)(=O)c2ccc([N+](=O)[O-])cc2)cc1. The summed E-state index contributed by atoms with van der Waals surface area (Å²) < 4.78 is 28.4. The Kier molecular flexibility index (Phi) is 5.91. The molecule has 0 aliphatic heterocycles. The van der Waals surface area contributed by atoms with Gasteiger partial charge in [-0.1, -0.05) is 47.5 Å². The number of rotatable bonds is 6. The lowest BCUT2D eigenvalue weighted by atomic mass is 10.1. The lowest BCUT2D eigenvalue weighted by Crippen LogP contribution is -2.33. The minimum atomic E-state index is -4.02. The summed E-state index contributed by atoms with van der Waals surface area (Å²) in [6.45, 7) is 3.67. The van der Waals surface area contributed by atoms with Gasteiger partial charge in [0.25, 0.3) is 15.7 Å². The molecule has 0 saturated carbocycles. The Labute approximate surface area is 174 Å². The highest BCUT2D eigenvalue weighted by molar-refractivity contribution is 7.92. The van der Waals surface area contributed by atoms with Crippen LogP contribution in [0.3, 0.4) is 0 Å². The highest BCUT2D eigenvalue weighted by Gasteiger charge is 2.31. The second-order valence-electron chi connectivity index (χ2n) is 6.58. The zero-order valence-electron chi connectivity index (χ0n) is 15.8. The van der Waals surface area contributed by atoms with Crippen LogP contribution in [0.15, 0.2) is 77.7 Å². The maximum absolute atomic E-state index is 13.5. The van der Waals surface area contributed by atoms with Gasteiger partial charge >= 0.3 is 0 Å². The van der Waals surface area contributed by atoms with Gasteiger partial charge in [0.1, 0.15) is 0 Å². The Bertz CT molecular complexity index is 1130. The number of hydrogen-bond donors (Lipinski definition) is 0. The molecule has 0 bridgehead atoms. The fraction of sp³-hybridized carbons (Fsp3) is 0.143. The van der Waals surface area contributed by atoms with Crippen LogP contribution in [0.5, 0.6) is 0 Å². The molecule has 0 heterocycles. The highest BCUT2D eigenvalue weighted by atomic mass is 35.5. The van der Waals surface area contributed by atoms with Gasteiger partial charge in [-0.2, -0.15) is 0 Å². The summed E-state index contributed by atoms with van der Waals surface area (Å²) >= 11 is 6.33. The van der Waals surface area contributed by atoms with Crippen LogP contribution in [0.25, 0.3) is 0 Å². The number of nitro groups is 1. The van der Waals surface area contributed by atoms with Crippen LogP contribution in [0.2, 0.25) is 5.02 Å². The molecule has 0 spiro atoms. The van der Waals surface area contributed by atoms with Gasteiger partial charge in [-0.15, -0.1) is 0 Å². The van der Waals surface area contributed by atoms with Crippen molar-refractivity contribution in [2.24, 2.45) is 0 Å². The molecule has 3 rings (SSSR count). The summed E-state index contributed by atoms with van der Waals surface area (Å²) in [5.74, 6) is 0. The third-order valence-corrected chi connectivity index (χ3v) is 6.86. The van der Waals surface area contributed by atoms with Crippen LogP contribution in [0.1, 0.15) is 24.1 Å². The van der Waals surface area contributed by atoms with E-state index in [9.17, 15) is 18.5 Å². The van der Waals surface area contributed by atoms with Crippen LogP contribution >= 0.6 is 11.6 Å². The van der Waals surface area contributed by atoms with E-state index in [1.807, 2.05) is 19.1 Å². The number of non-ortho nitro benzene ring substituents is 1. The Balaban J connectivity index is 2.15. The number of hydrogen-bond acceptors (Lipinski definition) is 4. The second kappa shape index (κ2) is 8.23. The van der Waals surface area contributed by atoms with Crippen LogP contribution in [-0.4, -0.2) is 13.3 Å². The summed E-state index contributed by atoms with van der Waals surface area (Å²) in [6.07, 6.45) is 0. The summed E-state index contributed by atoms with van der Waals surface area (Å²) in [7, 11) is -4.02. The molecular formula is C21H19ClN2O4S. The summed E-state index contributed by atoms with van der Waals surface area (Å²) in [5, 5.41) is 11.4. The van der Waals surface area contributed by atoms with Crippen LogP contribution in [-0.2, 0) is 10.0 Å². The molecule has 150 valence electrons. The van der Waals surface area contributed by atoms with E-state index in [1.54, 1.807) is 43.3 Å². The minimum absolute atomic E-state index is 0.0393. The van der Waals surface area contributed by atoms with Gasteiger partial charge < -0.3 is 0 Å². The molecule has 0 aliphatic carbocycles. The van der Waals surface area contributed by atoms with E-state index >= 15 is 0 Å². The van der Waals surface area contributed by atoms with E-state index in [0.717, 1.165) is 5.56 Å². The fourth-order valence-electron chi connectivity index (χ4n) is 3.06. The predicted molar refractivity (Wildman–Crippen MR) is 114 cm³/mol. The maximum atomic E-state index is 13.5. The first-order valence-electron chi connectivity index (χ1n) is 8.82. The molecule has 0 aliphatic rings. The van der Waals surface area contributed by atoms with Crippen molar-refractivity contribution in [3.63, 3.8) is 0 Å². The van der Waals surface area contributed by atoms with Crippen molar-refractivity contribution in [3.05, 3.63) is 99.1 Å². The van der Waals surface area contributed by atoms with E-state index in [2.05, 4.69) is 0 Å². The van der Waals surface area contributed by atoms with E-state index in [1.165, 1.54) is 28.6 Å². The molecule has 0 radical (unpaired) electrons. The average Bonchev–Trinajstić information content (AvgIpc) is 2.70. The third-order valence-electron chi connectivity index (χ3n) is 4.60. The molecule has 0 saturated heterocycles. The van der Waals surface area contributed by atoms with Crippen molar-refractivity contribution < 1.29 is 13.3 Å². The fourth-order valence-corrected chi connectivity index (χ4v) is 4.99. The van der Waals surface area contributed by atoms with Crippen molar-refractivity contribution in [2.75, 3.05) is 4.31 Å². The molecule has 0 fully saturated rings. The van der Waals surface area contributed by atoms with E-state index in [4.69, 9.17) is 11.6 Å². The van der Waals surface area contributed by atoms with E-state index in [-0.39, 0.29) is 10.6 Å². The van der Waals surface area contributed by atoms with Crippen molar-refractivity contribution in [1.29, 1.82) is 0 Å². The van der Waals surface area contributed by atoms with Crippen molar-refractivity contribution in [2.45, 2.75) is 24.8 Å². The minimum Gasteiger partial charge on any atom is -0.259 e. The van der Waals surface area contributed by atoms with Gasteiger partial charge in [0.05, 0.1) is 21.5 Å². The number of sulfonamides is 1. The Morgan fingerprint density at radius 2 is 1.55 bits per heavy atom. The monoisotopic (exact) mass is 430 g/mol. The molecule has 0 unspecified atom stereocenters. The number of aryl methyl sites for hydroxylation is 1. The molecular weight excluding hydrogens is 412 g/mol. The lowest BCUT2D eigenvalue weighted by molar-refractivity contribution is -0.384. The Hall–Kier alpha value is -2.90. The normalized spacial score (nSPS) is 12.4. The van der Waals surface area contributed by atoms with Crippen LogP contribution in [0, 0.1) is 17.0 Å². The zero-order chi connectivity index (χ0) is 21.2. The maximum Gasteiger partial charge on any atom is 0.269 e. The van der Waals surface area contributed by atoms with Gasteiger partial charge in [-0.3, -0.25) is 14.4 Å². The summed E-state index contributed by atoms with van der Waals surface area (Å²) in [4.78, 5) is 10.3. The van der Waals surface area contributed by atoms with E-state index < -0.39 is 21.0 Å². The van der Waals surface area contributed by atoms with Crippen molar-refractivity contribution in [1.82, 2.24) is 0 Å². The molecule has 0 amide bonds. The van der Waals surface area contributed by atoms with Crippen LogP contribution < -0.4 is 4.31 Å². The molecule has 1 atom stereocenters. The van der Waals surface area contributed by atoms with Crippen LogP contribution in [0.4, 0.5) is 11.4 Å². The molecule has 29 heavy (non-hydrogen) atoms. The first-order chi connectivity index (χ1) is 13.7. The summed E-state index contributed by atoms with van der Waals surface area (Å²) in [6, 6.07) is 18.4. The largest absolute Gasteiger partial charge is 0.269 e. The molecule has 6 nitrogen and oxygen atoms in total. The number of halogens is 1. The number of nitrogens with zero attached hydrogens (tertiary/aromatic N) is 2. The highest BCUT2D eigenvalue weighted by Crippen LogP contribution is 2.36. The number of nitro benzene ring substituents is 1. The van der Waals surface area contributed by atoms with Gasteiger partial charge in [0.15, 0.2) is 0 Å². The zero-order valence-corrected chi connectivity index (χ0v) is 17.4. The molecule has 0 aromatic heterocycles. The van der Waals surface area contributed by atoms with Gasteiger partial charge in [-0.25, -0.2) is 8.42 Å². The van der Waals surface area contributed by atoms with Gasteiger partial charge in [-0.05, 0) is 49.7 Å². The van der Waals surface area contributed by atoms with Crippen molar-refractivity contribution >= 4 is 33.0 Å². The molecule has 8 heteroatoms. The smallest absolute Gasteiger partial charge is 0.259 e. The number of anilines is 1. The molecule has 0 N–H and O–H groups in total. The summed E-state index contributed by atoms with van der Waals surface area (Å²) in [5.41, 5.74) is 1.94. The Morgan fingerprint density at radius 3 is 2.10 bits per heavy atom. The first-order valence-corrected chi connectivity index (χ1v) is 10.6. The topological polar surface area (TPSA) is 80.5 Å². The Morgan fingerprint density at radius 1 is 0.966 bits per heavy atom. The van der Waals surface area contributed by atoms with Crippen molar-refractivity contribution in [3.8, 4) is 0 Å². The first kappa shape index (κ1) is 20.8. The van der Waals surface area contributed by atoms with Gasteiger partial charge in [0.2, 0.25) is 0 Å². The van der Waals surface area contributed by atoms with E-state index in [0.29, 0.717) is 16.3 Å². The average molecular weight is 431 g/mol. The van der Waals surface area contributed by atoms with Gasteiger partial charge in [0, 0.05) is 17.2 Å². The lowest BCUT2D eigenvalue weighted by Gasteiger charge is -2.31. The number of benzene rings is 3. The standard InChI is InChI=1S/C21H19ClN2O4S/c1-15-7-9-17(10-8-15)23(16(2)20-5-3-4-6-21(20)22)29(27,28)19-13-11-18(12-14-19)24(25)26/h3-14,16H,1-2H3/t16-/m0/s1. The molecule has 3 aromatic carbocycles.